The Morgan fingerprint density at radius 1 is 0.710 bits per heavy atom. The number of aromatic hydroxyl groups is 3. The third-order valence-corrected chi connectivity index (χ3v) is 6.07. The van der Waals surface area contributed by atoms with Gasteiger partial charge in [0.05, 0.1) is 10.8 Å². The van der Waals surface area contributed by atoms with Crippen LogP contribution in [0.2, 0.25) is 0 Å². The molecule has 0 atom stereocenters. The van der Waals surface area contributed by atoms with E-state index < -0.39 is 22.8 Å². The van der Waals surface area contributed by atoms with Crippen LogP contribution < -0.4 is 0 Å². The van der Waals surface area contributed by atoms with Crippen molar-refractivity contribution in [1.29, 1.82) is 0 Å². The van der Waals surface area contributed by atoms with Crippen LogP contribution in [0.1, 0.15) is 90.2 Å². The summed E-state index contributed by atoms with van der Waals surface area (Å²) in [6.07, 6.45) is 6.36. The Morgan fingerprint density at radius 3 is 1.61 bits per heavy atom. The lowest BCUT2D eigenvalue weighted by Gasteiger charge is -2.19. The Kier molecular flexibility index (Phi) is 9.66. The Balaban J connectivity index is 2.54. The van der Waals surface area contributed by atoms with Crippen LogP contribution in [0.15, 0.2) is 6.07 Å². The number of rotatable bonds is 14. The predicted octanol–water partition coefficient (Wildman–Crippen LogP) is 5.23. The molecule has 176 valence electrons. The van der Waals surface area contributed by atoms with Gasteiger partial charge in [0.2, 0.25) is 0 Å². The van der Waals surface area contributed by atoms with Crippen molar-refractivity contribution in [2.75, 3.05) is 0 Å². The maximum atomic E-state index is 11.1. The van der Waals surface area contributed by atoms with Crippen LogP contribution in [-0.2, 0) is 22.4 Å². The normalized spacial score (nSPS) is 12.1. The zero-order valence-electron chi connectivity index (χ0n) is 19.2. The minimum Gasteiger partial charge on any atom is -0.508 e. The van der Waals surface area contributed by atoms with Crippen molar-refractivity contribution < 1.29 is 35.1 Å². The van der Waals surface area contributed by atoms with Crippen LogP contribution in [0.5, 0.6) is 17.2 Å². The third kappa shape index (κ3) is 7.96. The van der Waals surface area contributed by atoms with Crippen molar-refractivity contribution in [3.8, 4) is 17.2 Å². The number of phenolic OH excluding ortho intramolecular Hbond substituents is 3. The SMILES string of the molecule is CC(C)(CCCCCc1cc(O)c(CCCCCC(C)(C)C(=O)O)c(O)c1O)C(=O)O. The molecule has 0 fully saturated rings. The molecule has 31 heavy (non-hydrogen) atoms. The number of carboxylic acid groups (broad SMARTS) is 2. The first-order valence-corrected chi connectivity index (χ1v) is 11.0. The lowest BCUT2D eigenvalue weighted by molar-refractivity contribution is -0.148. The fourth-order valence-corrected chi connectivity index (χ4v) is 3.49. The number of unbranched alkanes of at least 4 members (excludes halogenated alkanes) is 4. The molecule has 1 aromatic rings. The van der Waals surface area contributed by atoms with Crippen molar-refractivity contribution in [1.82, 2.24) is 0 Å². The van der Waals surface area contributed by atoms with E-state index in [0.29, 0.717) is 49.7 Å². The lowest BCUT2D eigenvalue weighted by atomic mass is 9.86. The van der Waals surface area contributed by atoms with Gasteiger partial charge >= 0.3 is 11.9 Å². The molecule has 0 amide bonds. The number of hydrogen-bond donors (Lipinski definition) is 5. The first-order valence-electron chi connectivity index (χ1n) is 11.0. The molecule has 0 saturated carbocycles. The summed E-state index contributed by atoms with van der Waals surface area (Å²) in [5.41, 5.74) is -0.751. The average molecular weight is 439 g/mol. The molecule has 0 aliphatic carbocycles. The molecular formula is C24H38O7. The highest BCUT2D eigenvalue weighted by molar-refractivity contribution is 5.73. The zero-order chi connectivity index (χ0) is 23.8. The van der Waals surface area contributed by atoms with Crippen molar-refractivity contribution >= 4 is 11.9 Å². The molecule has 5 N–H and O–H groups in total. The monoisotopic (exact) mass is 438 g/mol. The second kappa shape index (κ2) is 11.3. The Morgan fingerprint density at radius 2 is 1.16 bits per heavy atom. The van der Waals surface area contributed by atoms with Gasteiger partial charge in [0.15, 0.2) is 11.5 Å². The average Bonchev–Trinajstić information content (AvgIpc) is 2.66. The minimum absolute atomic E-state index is 0.0526. The van der Waals surface area contributed by atoms with Crippen LogP contribution >= 0.6 is 0 Å². The predicted molar refractivity (Wildman–Crippen MR) is 119 cm³/mol. The van der Waals surface area contributed by atoms with E-state index >= 15 is 0 Å². The Labute approximate surface area is 184 Å². The first kappa shape index (κ1) is 26.6. The van der Waals surface area contributed by atoms with E-state index in [4.69, 9.17) is 10.2 Å². The van der Waals surface area contributed by atoms with Gasteiger partial charge in [0.1, 0.15) is 5.75 Å². The second-order valence-electron chi connectivity index (χ2n) is 9.73. The highest BCUT2D eigenvalue weighted by atomic mass is 16.4. The van der Waals surface area contributed by atoms with Gasteiger partial charge in [0.25, 0.3) is 0 Å². The van der Waals surface area contributed by atoms with E-state index in [1.807, 2.05) is 0 Å². The van der Waals surface area contributed by atoms with Crippen LogP contribution in [0.25, 0.3) is 0 Å². The summed E-state index contributed by atoms with van der Waals surface area (Å²) < 4.78 is 0. The number of carbonyl (C=O) groups is 2. The molecule has 7 heteroatoms. The number of aryl methyl sites for hydroxylation is 1. The highest BCUT2D eigenvalue weighted by Gasteiger charge is 2.27. The van der Waals surface area contributed by atoms with E-state index in [-0.39, 0.29) is 17.2 Å². The molecule has 0 saturated heterocycles. The van der Waals surface area contributed by atoms with Crippen LogP contribution in [0, 0.1) is 10.8 Å². The van der Waals surface area contributed by atoms with Gasteiger partial charge in [-0.05, 0) is 72.3 Å². The second-order valence-corrected chi connectivity index (χ2v) is 9.73. The number of benzene rings is 1. The molecule has 0 aliphatic heterocycles. The van der Waals surface area contributed by atoms with E-state index in [9.17, 15) is 24.9 Å². The van der Waals surface area contributed by atoms with Gasteiger partial charge in [-0.2, -0.15) is 0 Å². The zero-order valence-corrected chi connectivity index (χ0v) is 19.2. The molecule has 0 aromatic heterocycles. The Hall–Kier alpha value is -2.44. The quantitative estimate of drug-likeness (QED) is 0.152. The van der Waals surface area contributed by atoms with E-state index in [0.717, 1.165) is 25.7 Å². The first-order chi connectivity index (χ1) is 14.3. The molecule has 0 spiro atoms. The van der Waals surface area contributed by atoms with Crippen molar-refractivity contribution in [2.45, 2.75) is 91.9 Å². The summed E-state index contributed by atoms with van der Waals surface area (Å²) in [6.45, 7) is 6.78. The summed E-state index contributed by atoms with van der Waals surface area (Å²) in [7, 11) is 0. The summed E-state index contributed by atoms with van der Waals surface area (Å²) in [6, 6.07) is 1.49. The van der Waals surface area contributed by atoms with Gasteiger partial charge < -0.3 is 25.5 Å². The standard InChI is InChI=1S/C24H38O7/c1-23(2,21(28)29)13-9-5-7-11-16-15-18(25)17(20(27)19(16)26)12-8-6-10-14-24(3,4)22(30)31/h15,25-27H,5-14H2,1-4H3,(H,28,29)(H,30,31). The number of carboxylic acids is 2. The van der Waals surface area contributed by atoms with Gasteiger partial charge in [-0.3, -0.25) is 9.59 Å². The topological polar surface area (TPSA) is 135 Å². The third-order valence-electron chi connectivity index (χ3n) is 6.07. The van der Waals surface area contributed by atoms with Gasteiger partial charge in [-0.25, -0.2) is 0 Å². The molecule has 0 heterocycles. The maximum Gasteiger partial charge on any atom is 0.309 e. The lowest BCUT2D eigenvalue weighted by Crippen LogP contribution is -2.23. The van der Waals surface area contributed by atoms with Crippen molar-refractivity contribution in [2.24, 2.45) is 10.8 Å². The van der Waals surface area contributed by atoms with Crippen LogP contribution in [0.4, 0.5) is 0 Å². The number of hydrogen-bond acceptors (Lipinski definition) is 5. The van der Waals surface area contributed by atoms with E-state index in [1.165, 1.54) is 6.07 Å². The smallest absolute Gasteiger partial charge is 0.309 e. The summed E-state index contributed by atoms with van der Waals surface area (Å²) >= 11 is 0. The van der Waals surface area contributed by atoms with Crippen LogP contribution in [-0.4, -0.2) is 37.5 Å². The fraction of sp³-hybridized carbons (Fsp3) is 0.667. The van der Waals surface area contributed by atoms with Crippen molar-refractivity contribution in [3.63, 3.8) is 0 Å². The summed E-state index contributed by atoms with van der Waals surface area (Å²) in [5.74, 6) is -2.21. The largest absolute Gasteiger partial charge is 0.508 e. The summed E-state index contributed by atoms with van der Waals surface area (Å²) in [5, 5.41) is 49.2. The van der Waals surface area contributed by atoms with Crippen molar-refractivity contribution in [3.05, 3.63) is 17.2 Å². The van der Waals surface area contributed by atoms with Crippen LogP contribution in [0.3, 0.4) is 0 Å². The van der Waals surface area contributed by atoms with E-state index in [1.54, 1.807) is 27.7 Å². The molecule has 7 nitrogen and oxygen atoms in total. The van der Waals surface area contributed by atoms with E-state index in [2.05, 4.69) is 0 Å². The minimum atomic E-state index is -0.825. The molecule has 1 aromatic carbocycles. The molecule has 0 bridgehead atoms. The Bertz CT molecular complexity index is 766. The number of phenols is 3. The molecule has 0 radical (unpaired) electrons. The molecule has 0 unspecified atom stereocenters. The van der Waals surface area contributed by atoms with Gasteiger partial charge in [0, 0.05) is 11.1 Å². The maximum absolute atomic E-state index is 11.1. The van der Waals surface area contributed by atoms with Gasteiger partial charge in [-0.15, -0.1) is 0 Å². The summed E-state index contributed by atoms with van der Waals surface area (Å²) in [4.78, 5) is 22.3. The molecule has 1 rings (SSSR count). The highest BCUT2D eigenvalue weighted by Crippen LogP contribution is 2.40. The fourth-order valence-electron chi connectivity index (χ4n) is 3.49. The molecule has 0 aliphatic rings. The number of aliphatic carboxylic acids is 2. The van der Waals surface area contributed by atoms with Gasteiger partial charge in [-0.1, -0.05) is 25.7 Å². The molecular weight excluding hydrogens is 400 g/mol.